The molecule has 3 aromatic carbocycles. The highest BCUT2D eigenvalue weighted by atomic mass is 35.5. The fraction of sp³-hybridized carbons (Fsp3) is 0.290. The van der Waals surface area contributed by atoms with Crippen LogP contribution in [0.4, 0.5) is 24.5 Å². The maximum Gasteiger partial charge on any atom is 0.471 e. The largest absolute Gasteiger partial charge is 0.471 e. The van der Waals surface area contributed by atoms with Gasteiger partial charge in [0.05, 0.1) is 23.3 Å². The van der Waals surface area contributed by atoms with E-state index in [4.69, 9.17) is 11.6 Å². The van der Waals surface area contributed by atoms with Crippen LogP contribution in [0.5, 0.6) is 0 Å². The Balaban J connectivity index is 1.69. The van der Waals surface area contributed by atoms with Crippen LogP contribution in [0.2, 0.25) is 5.02 Å². The Hall–Kier alpha value is -3.58. The molecular formula is C31H28ClF3N2O2. The fourth-order valence-corrected chi connectivity index (χ4v) is 5.70. The van der Waals surface area contributed by atoms with Crippen LogP contribution in [-0.2, 0) is 15.0 Å². The van der Waals surface area contributed by atoms with E-state index in [0.29, 0.717) is 16.3 Å². The van der Waals surface area contributed by atoms with Gasteiger partial charge in [0, 0.05) is 23.1 Å². The Kier molecular flexibility index (Phi) is 6.83. The predicted molar refractivity (Wildman–Crippen MR) is 147 cm³/mol. The van der Waals surface area contributed by atoms with Crippen LogP contribution in [0.3, 0.4) is 0 Å². The standard InChI is InChI=1S/C31H28ClF3N2O2/c1-30(2,3)20-14-12-18(13-15-20)19-16-24-27(26(38)17-19)28(21-8-4-5-9-22(21)32)37(29(39)31(33,34)35)25-11-7-6-10-23(25)36-24/h4-16,19,27-28,36H,17H2,1-3H3/t19-,27+,28-/m1/s1. The number of Topliss-reactive ketones (excluding diaryl/α,β-unsaturated/α-hetero) is 1. The second kappa shape index (κ2) is 9.87. The molecule has 2 aliphatic rings. The number of rotatable bonds is 2. The van der Waals surface area contributed by atoms with Gasteiger partial charge in [0.1, 0.15) is 5.78 Å². The van der Waals surface area contributed by atoms with Crippen LogP contribution in [0, 0.1) is 5.92 Å². The number of hydrogen-bond acceptors (Lipinski definition) is 3. The summed E-state index contributed by atoms with van der Waals surface area (Å²) >= 11 is 6.51. The summed E-state index contributed by atoms with van der Waals surface area (Å²) in [5.74, 6) is -3.69. The van der Waals surface area contributed by atoms with Crippen molar-refractivity contribution < 1.29 is 22.8 Å². The van der Waals surface area contributed by atoms with Gasteiger partial charge in [0.15, 0.2) is 0 Å². The first-order valence-electron chi connectivity index (χ1n) is 12.7. The minimum absolute atomic E-state index is 0.0268. The molecule has 3 aromatic rings. The molecule has 1 aliphatic heterocycles. The number of allylic oxidation sites excluding steroid dienone is 1. The van der Waals surface area contributed by atoms with Crippen molar-refractivity contribution >= 4 is 34.7 Å². The lowest BCUT2D eigenvalue weighted by atomic mass is 9.75. The average molecular weight is 553 g/mol. The smallest absolute Gasteiger partial charge is 0.357 e. The minimum atomic E-state index is -5.17. The average Bonchev–Trinajstić information content (AvgIpc) is 3.02. The highest BCUT2D eigenvalue weighted by Gasteiger charge is 2.52. The third-order valence-corrected chi connectivity index (χ3v) is 7.75. The molecule has 1 heterocycles. The summed E-state index contributed by atoms with van der Waals surface area (Å²) in [5.41, 5.74) is 3.10. The summed E-state index contributed by atoms with van der Waals surface area (Å²) in [6, 6.07) is 19.4. The first-order valence-corrected chi connectivity index (χ1v) is 13.1. The molecule has 0 bridgehead atoms. The Morgan fingerprint density at radius 2 is 1.59 bits per heavy atom. The van der Waals surface area contributed by atoms with Crippen LogP contribution in [0.25, 0.3) is 0 Å². The summed E-state index contributed by atoms with van der Waals surface area (Å²) in [5, 5.41) is 3.39. The van der Waals surface area contributed by atoms with E-state index < -0.39 is 24.0 Å². The topological polar surface area (TPSA) is 49.4 Å². The molecule has 0 spiro atoms. The zero-order valence-electron chi connectivity index (χ0n) is 21.7. The molecule has 1 N–H and O–H groups in total. The molecule has 1 amide bonds. The van der Waals surface area contributed by atoms with Gasteiger partial charge in [0.25, 0.3) is 0 Å². The van der Waals surface area contributed by atoms with Crippen molar-refractivity contribution in [1.82, 2.24) is 0 Å². The lowest BCUT2D eigenvalue weighted by molar-refractivity contribution is -0.171. The summed E-state index contributed by atoms with van der Waals surface area (Å²) < 4.78 is 42.1. The monoisotopic (exact) mass is 552 g/mol. The Morgan fingerprint density at radius 1 is 0.949 bits per heavy atom. The molecule has 0 saturated heterocycles. The Morgan fingerprint density at radius 3 is 2.23 bits per heavy atom. The van der Waals surface area contributed by atoms with Crippen molar-refractivity contribution in [3.63, 3.8) is 0 Å². The van der Waals surface area contributed by atoms with Gasteiger partial charge < -0.3 is 5.32 Å². The van der Waals surface area contributed by atoms with Crippen molar-refractivity contribution in [3.8, 4) is 0 Å². The number of fused-ring (bicyclic) bond motifs is 2. The molecule has 0 radical (unpaired) electrons. The van der Waals surface area contributed by atoms with Crippen LogP contribution in [0.1, 0.15) is 55.8 Å². The molecule has 4 nitrogen and oxygen atoms in total. The lowest BCUT2D eigenvalue weighted by Gasteiger charge is -2.38. The van der Waals surface area contributed by atoms with Gasteiger partial charge in [-0.05, 0) is 40.3 Å². The number of hydrogen-bond donors (Lipinski definition) is 1. The normalized spacial score (nSPS) is 21.3. The molecule has 0 fully saturated rings. The molecule has 202 valence electrons. The van der Waals surface area contributed by atoms with E-state index in [2.05, 4.69) is 26.1 Å². The van der Waals surface area contributed by atoms with Gasteiger partial charge in [-0.2, -0.15) is 13.2 Å². The SMILES string of the molecule is CC(C)(C)c1ccc([C@@H]2C=C3Nc4ccccc4N(C(=O)C(F)(F)F)[C@H](c4ccccc4Cl)[C@@H]3C(=O)C2)cc1. The van der Waals surface area contributed by atoms with Crippen molar-refractivity contribution in [2.45, 2.75) is 50.7 Å². The number of alkyl halides is 3. The van der Waals surface area contributed by atoms with Crippen molar-refractivity contribution in [3.05, 3.63) is 106 Å². The van der Waals surface area contributed by atoms with Gasteiger partial charge in [-0.25, -0.2) is 0 Å². The number of amides is 1. The zero-order chi connectivity index (χ0) is 28.1. The van der Waals surface area contributed by atoms with E-state index >= 15 is 0 Å². The van der Waals surface area contributed by atoms with Crippen LogP contribution >= 0.6 is 11.6 Å². The molecular weight excluding hydrogens is 525 g/mol. The number of benzene rings is 3. The van der Waals surface area contributed by atoms with Gasteiger partial charge >= 0.3 is 12.1 Å². The fourth-order valence-electron chi connectivity index (χ4n) is 5.46. The van der Waals surface area contributed by atoms with E-state index in [1.165, 1.54) is 6.07 Å². The first-order chi connectivity index (χ1) is 18.4. The van der Waals surface area contributed by atoms with Crippen molar-refractivity contribution in [2.24, 2.45) is 5.92 Å². The first kappa shape index (κ1) is 27.0. The number of ketones is 1. The molecule has 39 heavy (non-hydrogen) atoms. The lowest BCUT2D eigenvalue weighted by Crippen LogP contribution is -2.47. The second-order valence-electron chi connectivity index (χ2n) is 11.0. The van der Waals surface area contributed by atoms with Crippen LogP contribution in [0.15, 0.2) is 84.6 Å². The predicted octanol–water partition coefficient (Wildman–Crippen LogP) is 7.96. The second-order valence-corrected chi connectivity index (χ2v) is 11.4. The molecule has 0 saturated carbocycles. The third-order valence-electron chi connectivity index (χ3n) is 7.41. The summed E-state index contributed by atoms with van der Waals surface area (Å²) in [6.45, 7) is 6.36. The third kappa shape index (κ3) is 5.08. The van der Waals surface area contributed by atoms with Gasteiger partial charge in [-0.3, -0.25) is 14.5 Å². The molecule has 0 unspecified atom stereocenters. The maximum absolute atomic E-state index is 14.0. The number of halogens is 4. The number of nitrogens with one attached hydrogen (secondary N) is 1. The molecule has 8 heteroatoms. The van der Waals surface area contributed by atoms with Gasteiger partial charge in [0.2, 0.25) is 0 Å². The van der Waals surface area contributed by atoms with Crippen molar-refractivity contribution in [1.29, 1.82) is 0 Å². The van der Waals surface area contributed by atoms with Crippen LogP contribution < -0.4 is 10.2 Å². The van der Waals surface area contributed by atoms with Gasteiger partial charge in [-0.1, -0.05) is 93.0 Å². The highest BCUT2D eigenvalue weighted by Crippen LogP contribution is 2.50. The maximum atomic E-state index is 14.0. The number of carbonyl (C=O) groups excluding carboxylic acids is 2. The Labute approximate surface area is 230 Å². The zero-order valence-corrected chi connectivity index (χ0v) is 22.5. The highest BCUT2D eigenvalue weighted by molar-refractivity contribution is 6.31. The van der Waals surface area contributed by atoms with E-state index in [1.54, 1.807) is 42.5 Å². The van der Waals surface area contributed by atoms with E-state index in [9.17, 15) is 22.8 Å². The number of para-hydroxylation sites is 2. The molecule has 0 aromatic heterocycles. The minimum Gasteiger partial charge on any atom is -0.357 e. The summed E-state index contributed by atoms with van der Waals surface area (Å²) in [4.78, 5) is 27.6. The molecule has 1 aliphatic carbocycles. The summed E-state index contributed by atoms with van der Waals surface area (Å²) in [7, 11) is 0. The number of anilines is 2. The molecule has 3 atom stereocenters. The van der Waals surface area contributed by atoms with E-state index in [1.807, 2.05) is 30.3 Å². The Bertz CT molecular complexity index is 1460. The molecule has 5 rings (SSSR count). The summed E-state index contributed by atoms with van der Waals surface area (Å²) in [6.07, 6.45) is -3.19. The number of nitrogens with zero attached hydrogens (tertiary/aromatic N) is 1. The van der Waals surface area contributed by atoms with E-state index in [-0.39, 0.29) is 39.8 Å². The van der Waals surface area contributed by atoms with Gasteiger partial charge in [-0.15, -0.1) is 0 Å². The quantitative estimate of drug-likeness (QED) is 0.351. The van der Waals surface area contributed by atoms with E-state index in [0.717, 1.165) is 11.1 Å². The van der Waals surface area contributed by atoms with Crippen LogP contribution in [-0.4, -0.2) is 17.9 Å². The number of carbonyl (C=O) groups is 2. The van der Waals surface area contributed by atoms with Crippen molar-refractivity contribution in [2.75, 3.05) is 10.2 Å².